The van der Waals surface area contributed by atoms with Crippen LogP contribution < -0.4 is 0 Å². The first kappa shape index (κ1) is 8.26. The van der Waals surface area contributed by atoms with Crippen molar-refractivity contribution in [1.29, 1.82) is 0 Å². The summed E-state index contributed by atoms with van der Waals surface area (Å²) in [4.78, 5) is 12.2. The molecular formula is C4H7NO4. The lowest BCUT2D eigenvalue weighted by Gasteiger charge is -2.13. The van der Waals surface area contributed by atoms with Gasteiger partial charge in [0.15, 0.2) is 0 Å². The van der Waals surface area contributed by atoms with E-state index < -0.39 is 18.9 Å². The summed E-state index contributed by atoms with van der Waals surface area (Å²) >= 11 is 0. The first-order valence-corrected chi connectivity index (χ1v) is 2.21. The molecule has 0 amide bonds. The minimum Gasteiger partial charge on any atom is -0.391 e. The van der Waals surface area contributed by atoms with Crippen molar-refractivity contribution < 1.29 is 20.1 Å². The molecular weight excluding hydrogens is 126 g/mol. The van der Waals surface area contributed by atoms with E-state index in [4.69, 9.17) is 15.3 Å². The number of carbonyl (C=O) groups excluding carboxylic acids is 1. The lowest BCUT2D eigenvalue weighted by atomic mass is 10.3. The second kappa shape index (κ2) is 3.32. The first-order valence-electron chi connectivity index (χ1n) is 2.21. The molecule has 3 N–H and O–H groups in total. The molecule has 0 saturated heterocycles. The largest absolute Gasteiger partial charge is 0.391 e. The van der Waals surface area contributed by atoms with Crippen molar-refractivity contribution >= 4 is 6.08 Å². The molecule has 0 saturated carbocycles. The van der Waals surface area contributed by atoms with Gasteiger partial charge in [-0.25, -0.2) is 4.79 Å². The Balaban J connectivity index is 4.08. The fraction of sp³-hybridized carbons (Fsp3) is 0.750. The first-order chi connectivity index (χ1) is 4.18. The molecule has 0 fully saturated rings. The fourth-order valence-corrected chi connectivity index (χ4v) is 0.206. The monoisotopic (exact) mass is 133 g/mol. The topological polar surface area (TPSA) is 90.1 Å². The molecule has 0 spiro atoms. The molecule has 0 bridgehead atoms. The number of aliphatic imine (C=N–C) groups is 1. The van der Waals surface area contributed by atoms with Crippen LogP contribution in [0.4, 0.5) is 0 Å². The van der Waals surface area contributed by atoms with E-state index in [9.17, 15) is 4.79 Å². The smallest absolute Gasteiger partial charge is 0.238 e. The summed E-state index contributed by atoms with van der Waals surface area (Å²) in [6.45, 7) is -1.59. The van der Waals surface area contributed by atoms with Crippen LogP contribution in [0.25, 0.3) is 0 Å². The van der Waals surface area contributed by atoms with Gasteiger partial charge >= 0.3 is 0 Å². The van der Waals surface area contributed by atoms with E-state index in [0.717, 1.165) is 6.08 Å². The third-order valence-corrected chi connectivity index (χ3v) is 0.760. The molecule has 0 aliphatic carbocycles. The summed E-state index contributed by atoms with van der Waals surface area (Å²) < 4.78 is 0. The maximum atomic E-state index is 9.46. The van der Waals surface area contributed by atoms with Gasteiger partial charge in [-0.05, 0) is 0 Å². The van der Waals surface area contributed by atoms with Crippen molar-refractivity contribution in [2.75, 3.05) is 13.2 Å². The van der Waals surface area contributed by atoms with Gasteiger partial charge in [-0.2, -0.15) is 4.99 Å². The SMILES string of the molecule is O=C=NC(O)(CO)CO. The number of hydrogen-bond acceptors (Lipinski definition) is 5. The van der Waals surface area contributed by atoms with E-state index in [-0.39, 0.29) is 0 Å². The van der Waals surface area contributed by atoms with E-state index in [1.165, 1.54) is 0 Å². The Morgan fingerprint density at radius 2 is 1.89 bits per heavy atom. The van der Waals surface area contributed by atoms with Gasteiger partial charge in [-0.15, -0.1) is 0 Å². The summed E-state index contributed by atoms with van der Waals surface area (Å²) in [6.07, 6.45) is 1.02. The van der Waals surface area contributed by atoms with Crippen LogP contribution in [0.2, 0.25) is 0 Å². The minimum atomic E-state index is -2.05. The van der Waals surface area contributed by atoms with Gasteiger partial charge in [0.1, 0.15) is 0 Å². The zero-order chi connectivity index (χ0) is 7.33. The van der Waals surface area contributed by atoms with Gasteiger partial charge < -0.3 is 15.3 Å². The molecule has 9 heavy (non-hydrogen) atoms. The van der Waals surface area contributed by atoms with E-state index in [2.05, 4.69) is 4.99 Å². The average molecular weight is 133 g/mol. The van der Waals surface area contributed by atoms with Crippen LogP contribution in [0.1, 0.15) is 0 Å². The highest BCUT2D eigenvalue weighted by atomic mass is 16.4. The Bertz CT molecular complexity index is 125. The highest BCUT2D eigenvalue weighted by Crippen LogP contribution is 2.00. The number of aliphatic hydroxyl groups excluding tert-OH is 2. The number of isocyanates is 1. The van der Waals surface area contributed by atoms with Gasteiger partial charge in [-0.1, -0.05) is 0 Å². The molecule has 0 radical (unpaired) electrons. The summed E-state index contributed by atoms with van der Waals surface area (Å²) in [5.41, 5.74) is -2.05. The van der Waals surface area contributed by atoms with Gasteiger partial charge in [0.05, 0.1) is 13.2 Å². The molecule has 0 unspecified atom stereocenters. The van der Waals surface area contributed by atoms with Crippen molar-refractivity contribution in [1.82, 2.24) is 0 Å². The normalized spacial score (nSPS) is 10.6. The molecule has 0 atom stereocenters. The van der Waals surface area contributed by atoms with Crippen molar-refractivity contribution in [3.8, 4) is 0 Å². The minimum absolute atomic E-state index is 0.793. The molecule has 52 valence electrons. The van der Waals surface area contributed by atoms with Gasteiger partial charge in [0.2, 0.25) is 11.8 Å². The Morgan fingerprint density at radius 1 is 1.44 bits per heavy atom. The molecule has 5 nitrogen and oxygen atoms in total. The molecule has 0 aromatic rings. The summed E-state index contributed by atoms with van der Waals surface area (Å²) in [6, 6.07) is 0. The summed E-state index contributed by atoms with van der Waals surface area (Å²) in [7, 11) is 0. The molecule has 5 heteroatoms. The van der Waals surface area contributed by atoms with Crippen LogP contribution in [-0.4, -0.2) is 40.3 Å². The van der Waals surface area contributed by atoms with Crippen molar-refractivity contribution in [2.24, 2.45) is 4.99 Å². The zero-order valence-electron chi connectivity index (χ0n) is 4.61. The lowest BCUT2D eigenvalue weighted by Crippen LogP contribution is -2.34. The molecule has 0 rings (SSSR count). The van der Waals surface area contributed by atoms with Crippen LogP contribution in [0.15, 0.2) is 4.99 Å². The standard InChI is InChI=1S/C4H7NO4/c6-1-4(9,2-7)5-3-8/h6-7,9H,1-2H2. The second-order valence-corrected chi connectivity index (χ2v) is 1.50. The van der Waals surface area contributed by atoms with Gasteiger partial charge in [0, 0.05) is 0 Å². The number of nitrogens with zero attached hydrogens (tertiary/aromatic N) is 1. The maximum Gasteiger partial charge on any atom is 0.238 e. The van der Waals surface area contributed by atoms with Gasteiger partial charge in [-0.3, -0.25) is 0 Å². The Morgan fingerprint density at radius 3 is 2.00 bits per heavy atom. The highest BCUT2D eigenvalue weighted by molar-refractivity contribution is 5.34. The Labute approximate surface area is 51.3 Å². The third kappa shape index (κ3) is 2.34. The van der Waals surface area contributed by atoms with E-state index >= 15 is 0 Å². The molecule has 0 aromatic carbocycles. The molecule has 0 aliphatic rings. The Hall–Kier alpha value is -0.740. The second-order valence-electron chi connectivity index (χ2n) is 1.50. The van der Waals surface area contributed by atoms with Crippen LogP contribution in [0.3, 0.4) is 0 Å². The van der Waals surface area contributed by atoms with Crippen molar-refractivity contribution in [2.45, 2.75) is 5.72 Å². The van der Waals surface area contributed by atoms with E-state index in [0.29, 0.717) is 0 Å². The fourth-order valence-electron chi connectivity index (χ4n) is 0.206. The third-order valence-electron chi connectivity index (χ3n) is 0.760. The summed E-state index contributed by atoms with van der Waals surface area (Å²) in [5, 5.41) is 25.2. The molecule has 0 heterocycles. The zero-order valence-corrected chi connectivity index (χ0v) is 4.61. The van der Waals surface area contributed by atoms with Crippen LogP contribution in [0.5, 0.6) is 0 Å². The van der Waals surface area contributed by atoms with Crippen LogP contribution >= 0.6 is 0 Å². The number of rotatable bonds is 3. The van der Waals surface area contributed by atoms with Crippen molar-refractivity contribution in [3.05, 3.63) is 0 Å². The van der Waals surface area contributed by atoms with E-state index in [1.54, 1.807) is 0 Å². The quantitative estimate of drug-likeness (QED) is 0.306. The predicted molar refractivity (Wildman–Crippen MR) is 27.2 cm³/mol. The van der Waals surface area contributed by atoms with Crippen molar-refractivity contribution in [3.63, 3.8) is 0 Å². The van der Waals surface area contributed by atoms with Crippen LogP contribution in [-0.2, 0) is 4.79 Å². The Kier molecular flexibility index (Phi) is 3.05. The average Bonchev–Trinajstić information content (AvgIpc) is 1.89. The van der Waals surface area contributed by atoms with Gasteiger partial charge in [0.25, 0.3) is 0 Å². The highest BCUT2D eigenvalue weighted by Gasteiger charge is 2.23. The number of hydrogen-bond donors (Lipinski definition) is 3. The molecule has 0 aromatic heterocycles. The van der Waals surface area contributed by atoms with E-state index in [1.807, 2.05) is 0 Å². The maximum absolute atomic E-state index is 9.46. The van der Waals surface area contributed by atoms with Crippen LogP contribution in [0, 0.1) is 0 Å². The number of aliphatic hydroxyl groups is 3. The lowest BCUT2D eigenvalue weighted by molar-refractivity contribution is -0.0474. The summed E-state index contributed by atoms with van der Waals surface area (Å²) in [5.74, 6) is 0. The molecule has 0 aliphatic heterocycles. The predicted octanol–water partition coefficient (Wildman–Crippen LogP) is -2.00.